The van der Waals surface area contributed by atoms with Gasteiger partial charge in [0.15, 0.2) is 0 Å². The molecule has 1 aromatic carbocycles. The number of nitrogens with one attached hydrogen (secondary N) is 3. The van der Waals surface area contributed by atoms with Gasteiger partial charge in [-0.3, -0.25) is 9.59 Å². The van der Waals surface area contributed by atoms with Gasteiger partial charge in [-0.2, -0.15) is 0 Å². The van der Waals surface area contributed by atoms with Gasteiger partial charge in [-0.15, -0.1) is 12.4 Å². The van der Waals surface area contributed by atoms with Crippen LogP contribution in [0.4, 0.5) is 5.69 Å². The Bertz CT molecular complexity index is 767. The van der Waals surface area contributed by atoms with Gasteiger partial charge in [-0.25, -0.2) is 13.1 Å². The van der Waals surface area contributed by atoms with Crippen molar-refractivity contribution in [3.8, 4) is 0 Å². The van der Waals surface area contributed by atoms with E-state index in [4.69, 9.17) is 5.73 Å². The molecule has 0 spiro atoms. The van der Waals surface area contributed by atoms with Crippen LogP contribution in [-0.2, 0) is 19.6 Å². The van der Waals surface area contributed by atoms with Gasteiger partial charge in [0.2, 0.25) is 21.8 Å². The fourth-order valence-corrected chi connectivity index (χ4v) is 4.20. The number of carbonyl (C=O) groups is 2. The van der Waals surface area contributed by atoms with E-state index in [-0.39, 0.29) is 60.6 Å². The largest absolute Gasteiger partial charge is 0.353 e. The number of benzene rings is 1. The summed E-state index contributed by atoms with van der Waals surface area (Å²) >= 11 is 0. The van der Waals surface area contributed by atoms with E-state index in [1.54, 1.807) is 19.1 Å². The maximum atomic E-state index is 12.2. The quantitative estimate of drug-likeness (QED) is 0.468. The zero-order valence-electron chi connectivity index (χ0n) is 15.9. The first-order valence-corrected chi connectivity index (χ1v) is 10.7. The minimum absolute atomic E-state index is 0. The van der Waals surface area contributed by atoms with E-state index in [0.29, 0.717) is 5.69 Å². The maximum absolute atomic E-state index is 12.2. The van der Waals surface area contributed by atoms with Crippen molar-refractivity contribution < 1.29 is 18.0 Å². The predicted molar refractivity (Wildman–Crippen MR) is 111 cm³/mol. The Morgan fingerprint density at radius 3 is 2.57 bits per heavy atom. The summed E-state index contributed by atoms with van der Waals surface area (Å²) in [6, 6.07) is 5.70. The number of carbonyl (C=O) groups excluding carboxylic acids is 2. The third-order valence-corrected chi connectivity index (χ3v) is 5.93. The molecule has 1 aromatic rings. The van der Waals surface area contributed by atoms with Gasteiger partial charge in [0.25, 0.3) is 0 Å². The van der Waals surface area contributed by atoms with Crippen LogP contribution in [0.2, 0.25) is 0 Å². The van der Waals surface area contributed by atoms with Crippen LogP contribution in [0.1, 0.15) is 39.0 Å². The zero-order chi connectivity index (χ0) is 19.9. The van der Waals surface area contributed by atoms with Gasteiger partial charge in [0, 0.05) is 37.2 Å². The first-order chi connectivity index (χ1) is 12.8. The number of hydrogen-bond acceptors (Lipinski definition) is 5. The van der Waals surface area contributed by atoms with Crippen LogP contribution in [0.25, 0.3) is 0 Å². The van der Waals surface area contributed by atoms with Crippen LogP contribution in [-0.4, -0.2) is 39.4 Å². The highest BCUT2D eigenvalue weighted by Gasteiger charge is 2.24. The third-order valence-electron chi connectivity index (χ3n) is 4.47. The fraction of sp³-hybridized carbons (Fsp3) is 0.556. The SMILES string of the molecule is CC(CC(=O)Nc1cccc(S(=O)(=O)NCCN)c1)NC(=O)C1CCCC1.Cl. The Balaban J connectivity index is 0.00000392. The van der Waals surface area contributed by atoms with Crippen LogP contribution in [0, 0.1) is 5.92 Å². The Hall–Kier alpha value is -1.68. The highest BCUT2D eigenvalue weighted by Crippen LogP contribution is 2.24. The maximum Gasteiger partial charge on any atom is 0.240 e. The molecule has 10 heteroatoms. The first-order valence-electron chi connectivity index (χ1n) is 9.22. The molecule has 0 radical (unpaired) electrons. The molecule has 0 aromatic heterocycles. The Morgan fingerprint density at radius 2 is 1.93 bits per heavy atom. The fourth-order valence-electron chi connectivity index (χ4n) is 3.11. The Labute approximate surface area is 172 Å². The smallest absolute Gasteiger partial charge is 0.240 e. The molecule has 0 aliphatic heterocycles. The van der Waals surface area contributed by atoms with Crippen molar-refractivity contribution >= 4 is 39.9 Å². The molecule has 28 heavy (non-hydrogen) atoms. The van der Waals surface area contributed by atoms with E-state index in [1.165, 1.54) is 12.1 Å². The summed E-state index contributed by atoms with van der Waals surface area (Å²) in [5.74, 6) is -0.232. The molecule has 1 aliphatic carbocycles. The molecule has 1 atom stereocenters. The van der Waals surface area contributed by atoms with E-state index in [9.17, 15) is 18.0 Å². The van der Waals surface area contributed by atoms with E-state index in [1.807, 2.05) is 0 Å². The minimum Gasteiger partial charge on any atom is -0.353 e. The molecule has 0 saturated heterocycles. The van der Waals surface area contributed by atoms with Crippen molar-refractivity contribution in [2.24, 2.45) is 11.7 Å². The van der Waals surface area contributed by atoms with E-state index in [2.05, 4.69) is 15.4 Å². The van der Waals surface area contributed by atoms with E-state index >= 15 is 0 Å². The summed E-state index contributed by atoms with van der Waals surface area (Å²) in [5.41, 5.74) is 5.70. The number of halogens is 1. The van der Waals surface area contributed by atoms with Gasteiger partial charge in [0.05, 0.1) is 4.90 Å². The molecule has 5 N–H and O–H groups in total. The van der Waals surface area contributed by atoms with Gasteiger partial charge in [0.1, 0.15) is 0 Å². The zero-order valence-corrected chi connectivity index (χ0v) is 17.6. The van der Waals surface area contributed by atoms with Crippen molar-refractivity contribution in [2.75, 3.05) is 18.4 Å². The molecular formula is C18H29ClN4O4S. The highest BCUT2D eigenvalue weighted by atomic mass is 35.5. The van der Waals surface area contributed by atoms with Crippen LogP contribution in [0.5, 0.6) is 0 Å². The van der Waals surface area contributed by atoms with Crippen LogP contribution >= 0.6 is 12.4 Å². The molecule has 2 amide bonds. The lowest BCUT2D eigenvalue weighted by Crippen LogP contribution is -2.38. The van der Waals surface area contributed by atoms with Crippen molar-refractivity contribution in [1.29, 1.82) is 0 Å². The molecular weight excluding hydrogens is 404 g/mol. The molecule has 1 unspecified atom stereocenters. The summed E-state index contributed by atoms with van der Waals surface area (Å²) in [6.45, 7) is 2.11. The second-order valence-corrected chi connectivity index (χ2v) is 8.62. The monoisotopic (exact) mass is 432 g/mol. The van der Waals surface area contributed by atoms with Gasteiger partial charge < -0.3 is 16.4 Å². The number of anilines is 1. The standard InChI is InChI=1S/C18H28N4O4S.ClH/c1-13(21-18(24)14-5-2-3-6-14)11-17(23)22-15-7-4-8-16(12-15)27(25,26)20-10-9-19;/h4,7-8,12-14,20H,2-3,5-6,9-11,19H2,1H3,(H,21,24)(H,22,23);1H. The molecule has 0 heterocycles. The second kappa shape index (κ2) is 11.4. The van der Waals surface area contributed by atoms with Crippen molar-refractivity contribution in [1.82, 2.24) is 10.0 Å². The summed E-state index contributed by atoms with van der Waals surface area (Å²) in [4.78, 5) is 24.4. The van der Waals surface area contributed by atoms with E-state index < -0.39 is 10.0 Å². The molecule has 1 fully saturated rings. The topological polar surface area (TPSA) is 130 Å². The number of sulfonamides is 1. The van der Waals surface area contributed by atoms with E-state index in [0.717, 1.165) is 25.7 Å². The van der Waals surface area contributed by atoms with Crippen molar-refractivity contribution in [2.45, 2.75) is 50.0 Å². The summed E-state index contributed by atoms with van der Waals surface area (Å²) < 4.78 is 26.6. The summed E-state index contributed by atoms with van der Waals surface area (Å²) in [7, 11) is -3.67. The highest BCUT2D eigenvalue weighted by molar-refractivity contribution is 7.89. The minimum atomic E-state index is -3.67. The average Bonchev–Trinajstić information content (AvgIpc) is 3.14. The van der Waals surface area contributed by atoms with Gasteiger partial charge in [-0.05, 0) is 38.0 Å². The molecule has 8 nitrogen and oxygen atoms in total. The Kier molecular flexibility index (Phi) is 9.88. The van der Waals surface area contributed by atoms with Crippen LogP contribution in [0.15, 0.2) is 29.2 Å². The van der Waals surface area contributed by atoms with Crippen molar-refractivity contribution in [3.63, 3.8) is 0 Å². The lowest BCUT2D eigenvalue weighted by atomic mass is 10.1. The first kappa shape index (κ1) is 24.4. The lowest BCUT2D eigenvalue weighted by molar-refractivity contribution is -0.125. The molecule has 158 valence electrons. The second-order valence-electron chi connectivity index (χ2n) is 6.86. The average molecular weight is 433 g/mol. The molecule has 0 bridgehead atoms. The molecule has 1 aliphatic rings. The van der Waals surface area contributed by atoms with Gasteiger partial charge in [-0.1, -0.05) is 18.9 Å². The number of amides is 2. The third kappa shape index (κ3) is 7.38. The summed E-state index contributed by atoms with van der Waals surface area (Å²) in [5, 5.41) is 5.56. The van der Waals surface area contributed by atoms with Crippen LogP contribution < -0.4 is 21.1 Å². The number of hydrogen-bond donors (Lipinski definition) is 4. The Morgan fingerprint density at radius 1 is 1.25 bits per heavy atom. The van der Waals surface area contributed by atoms with Gasteiger partial charge >= 0.3 is 0 Å². The van der Waals surface area contributed by atoms with Crippen LogP contribution in [0.3, 0.4) is 0 Å². The predicted octanol–water partition coefficient (Wildman–Crippen LogP) is 1.37. The summed E-state index contributed by atoms with van der Waals surface area (Å²) in [6.07, 6.45) is 4.08. The number of rotatable bonds is 9. The lowest BCUT2D eigenvalue weighted by Gasteiger charge is -2.17. The van der Waals surface area contributed by atoms with Crippen molar-refractivity contribution in [3.05, 3.63) is 24.3 Å². The molecule has 2 rings (SSSR count). The molecule has 1 saturated carbocycles. The normalized spacial score (nSPS) is 15.5. The number of nitrogens with two attached hydrogens (primary N) is 1.